The highest BCUT2D eigenvalue weighted by Gasteiger charge is 2.25. The van der Waals surface area contributed by atoms with Crippen LogP contribution in [0.1, 0.15) is 12.5 Å². The van der Waals surface area contributed by atoms with Gasteiger partial charge in [-0.05, 0) is 30.7 Å². The van der Waals surface area contributed by atoms with Crippen molar-refractivity contribution in [1.82, 2.24) is 4.90 Å². The number of nitrogens with two attached hydrogens (primary N) is 1. The van der Waals surface area contributed by atoms with Gasteiger partial charge in [-0.15, -0.1) is 0 Å². The molecule has 1 aliphatic rings. The van der Waals surface area contributed by atoms with Gasteiger partial charge in [-0.25, -0.2) is 4.39 Å². The number of anilines is 1. The van der Waals surface area contributed by atoms with Crippen molar-refractivity contribution < 1.29 is 14.2 Å². The zero-order chi connectivity index (χ0) is 13.1. The van der Waals surface area contributed by atoms with Gasteiger partial charge in [0.1, 0.15) is 5.82 Å². The fourth-order valence-corrected chi connectivity index (χ4v) is 2.14. The number of aliphatic hydroxyl groups is 1. The van der Waals surface area contributed by atoms with E-state index in [4.69, 9.17) is 15.6 Å². The summed E-state index contributed by atoms with van der Waals surface area (Å²) in [5.41, 5.74) is 7.22. The molecule has 0 aliphatic carbocycles. The Hall–Kier alpha value is -1.17. The second-order valence-corrected chi connectivity index (χ2v) is 4.76. The topological polar surface area (TPSA) is 58.7 Å². The van der Waals surface area contributed by atoms with Crippen LogP contribution in [-0.4, -0.2) is 41.9 Å². The summed E-state index contributed by atoms with van der Waals surface area (Å²) in [4.78, 5) is 2.15. The molecule has 5 heteroatoms. The molecule has 3 N–H and O–H groups in total. The maximum absolute atomic E-state index is 13.2. The largest absolute Gasteiger partial charge is 0.398 e. The van der Waals surface area contributed by atoms with Crippen LogP contribution in [0.15, 0.2) is 18.2 Å². The molecular formula is C13H19FN2O2. The molecule has 0 amide bonds. The van der Waals surface area contributed by atoms with Gasteiger partial charge in [0.25, 0.3) is 0 Å². The van der Waals surface area contributed by atoms with E-state index >= 15 is 0 Å². The Morgan fingerprint density at radius 2 is 2.33 bits per heavy atom. The second-order valence-electron chi connectivity index (χ2n) is 4.76. The van der Waals surface area contributed by atoms with Gasteiger partial charge in [-0.1, -0.05) is 0 Å². The maximum atomic E-state index is 13.2. The minimum Gasteiger partial charge on any atom is -0.398 e. The van der Waals surface area contributed by atoms with Gasteiger partial charge in [-0.3, -0.25) is 4.90 Å². The second kappa shape index (κ2) is 5.65. The highest BCUT2D eigenvalue weighted by molar-refractivity contribution is 5.46. The Bertz CT molecular complexity index is 414. The molecule has 2 atom stereocenters. The summed E-state index contributed by atoms with van der Waals surface area (Å²) in [7, 11) is 0. The number of rotatable bonds is 3. The Labute approximate surface area is 106 Å². The van der Waals surface area contributed by atoms with Crippen LogP contribution in [-0.2, 0) is 11.3 Å². The molecule has 18 heavy (non-hydrogen) atoms. The third-order valence-electron chi connectivity index (χ3n) is 3.32. The lowest BCUT2D eigenvalue weighted by molar-refractivity contribution is -0.0805. The van der Waals surface area contributed by atoms with Crippen LogP contribution in [0.2, 0.25) is 0 Å². The van der Waals surface area contributed by atoms with Gasteiger partial charge >= 0.3 is 0 Å². The molecule has 0 radical (unpaired) electrons. The summed E-state index contributed by atoms with van der Waals surface area (Å²) in [5, 5.41) is 9.12. The summed E-state index contributed by atoms with van der Waals surface area (Å²) >= 11 is 0. The van der Waals surface area contributed by atoms with E-state index in [1.165, 1.54) is 12.1 Å². The van der Waals surface area contributed by atoms with Crippen molar-refractivity contribution in [2.75, 3.05) is 25.5 Å². The summed E-state index contributed by atoms with van der Waals surface area (Å²) in [6.07, 6.45) is -0.170. The molecule has 1 saturated heterocycles. The van der Waals surface area contributed by atoms with Crippen LogP contribution in [0.3, 0.4) is 0 Å². The Kier molecular flexibility index (Phi) is 4.16. The Morgan fingerprint density at radius 1 is 1.56 bits per heavy atom. The van der Waals surface area contributed by atoms with E-state index in [1.807, 2.05) is 6.92 Å². The monoisotopic (exact) mass is 254 g/mol. The van der Waals surface area contributed by atoms with E-state index in [0.717, 1.165) is 5.56 Å². The van der Waals surface area contributed by atoms with E-state index in [1.54, 1.807) is 6.07 Å². The number of ether oxygens (including phenoxy) is 1. The first-order valence-corrected chi connectivity index (χ1v) is 6.10. The van der Waals surface area contributed by atoms with Gasteiger partial charge in [0.2, 0.25) is 0 Å². The van der Waals surface area contributed by atoms with Crippen LogP contribution in [0.25, 0.3) is 0 Å². The average molecular weight is 254 g/mol. The molecule has 0 bridgehead atoms. The lowest BCUT2D eigenvalue weighted by Gasteiger charge is -2.37. The van der Waals surface area contributed by atoms with Gasteiger partial charge < -0.3 is 15.6 Å². The van der Waals surface area contributed by atoms with E-state index in [9.17, 15) is 4.39 Å². The molecule has 2 rings (SSSR count). The van der Waals surface area contributed by atoms with Crippen molar-refractivity contribution in [2.24, 2.45) is 0 Å². The number of hydrogen-bond acceptors (Lipinski definition) is 4. The first-order valence-electron chi connectivity index (χ1n) is 6.10. The number of nitrogen functional groups attached to an aromatic ring is 1. The molecule has 1 heterocycles. The lowest BCUT2D eigenvalue weighted by Crippen LogP contribution is -2.48. The predicted molar refractivity (Wildman–Crippen MR) is 67.5 cm³/mol. The Morgan fingerprint density at radius 3 is 3.06 bits per heavy atom. The number of nitrogens with zero attached hydrogens (tertiary/aromatic N) is 1. The van der Waals surface area contributed by atoms with E-state index in [-0.39, 0.29) is 24.6 Å². The van der Waals surface area contributed by atoms with Gasteiger partial charge in [0.15, 0.2) is 0 Å². The van der Waals surface area contributed by atoms with E-state index in [0.29, 0.717) is 25.4 Å². The van der Waals surface area contributed by atoms with Gasteiger partial charge in [0.05, 0.1) is 19.3 Å². The summed E-state index contributed by atoms with van der Waals surface area (Å²) < 4.78 is 18.7. The quantitative estimate of drug-likeness (QED) is 0.790. The van der Waals surface area contributed by atoms with Crippen molar-refractivity contribution in [3.63, 3.8) is 0 Å². The fraction of sp³-hybridized carbons (Fsp3) is 0.538. The molecule has 1 fully saturated rings. The molecule has 0 saturated carbocycles. The van der Waals surface area contributed by atoms with Crippen molar-refractivity contribution in [2.45, 2.75) is 25.6 Å². The molecule has 4 nitrogen and oxygen atoms in total. The van der Waals surface area contributed by atoms with Crippen molar-refractivity contribution in [3.05, 3.63) is 29.6 Å². The zero-order valence-electron chi connectivity index (χ0n) is 10.5. The van der Waals surface area contributed by atoms with Crippen LogP contribution >= 0.6 is 0 Å². The van der Waals surface area contributed by atoms with E-state index < -0.39 is 0 Å². The minimum absolute atomic E-state index is 0.00184. The number of hydrogen-bond donors (Lipinski definition) is 2. The third-order valence-corrected chi connectivity index (χ3v) is 3.32. The molecule has 1 aliphatic heterocycles. The molecule has 1 aromatic rings. The highest BCUT2D eigenvalue weighted by atomic mass is 19.1. The summed E-state index contributed by atoms with van der Waals surface area (Å²) in [6, 6.07) is 4.64. The number of morpholine rings is 1. The van der Waals surface area contributed by atoms with Crippen molar-refractivity contribution in [1.29, 1.82) is 0 Å². The third kappa shape index (κ3) is 2.98. The summed E-state index contributed by atoms with van der Waals surface area (Å²) in [6.45, 7) is 3.82. The lowest BCUT2D eigenvalue weighted by atomic mass is 10.1. The average Bonchev–Trinajstić information content (AvgIpc) is 2.36. The smallest absolute Gasteiger partial charge is 0.123 e. The van der Waals surface area contributed by atoms with Gasteiger partial charge in [0, 0.05) is 24.8 Å². The van der Waals surface area contributed by atoms with Crippen LogP contribution in [0, 0.1) is 5.82 Å². The van der Waals surface area contributed by atoms with Crippen LogP contribution in [0.5, 0.6) is 0 Å². The number of halogens is 1. The first-order chi connectivity index (χ1) is 8.60. The number of benzene rings is 1. The first kappa shape index (κ1) is 13.3. The predicted octanol–water partition coefficient (Wildman–Crippen LogP) is 0.989. The summed E-state index contributed by atoms with van der Waals surface area (Å²) in [5.74, 6) is -0.279. The fourth-order valence-electron chi connectivity index (χ4n) is 2.14. The van der Waals surface area contributed by atoms with Crippen molar-refractivity contribution >= 4 is 5.69 Å². The van der Waals surface area contributed by atoms with Gasteiger partial charge in [-0.2, -0.15) is 0 Å². The molecular weight excluding hydrogens is 235 g/mol. The maximum Gasteiger partial charge on any atom is 0.123 e. The highest BCUT2D eigenvalue weighted by Crippen LogP contribution is 2.20. The normalized spacial score (nSPS) is 25.3. The molecule has 0 aromatic heterocycles. The Balaban J connectivity index is 2.09. The molecule has 100 valence electrons. The SMILES string of the molecule is CC1COC(CO)CN1Cc1cc(F)ccc1N. The molecule has 2 unspecified atom stereocenters. The van der Waals surface area contributed by atoms with E-state index in [2.05, 4.69) is 4.90 Å². The van der Waals surface area contributed by atoms with Crippen LogP contribution in [0.4, 0.5) is 10.1 Å². The molecule has 1 aromatic carbocycles. The molecule has 0 spiro atoms. The van der Waals surface area contributed by atoms with Crippen molar-refractivity contribution in [3.8, 4) is 0 Å². The minimum atomic E-state index is -0.279. The zero-order valence-corrected chi connectivity index (χ0v) is 10.5. The van der Waals surface area contributed by atoms with Crippen LogP contribution < -0.4 is 5.73 Å². The number of aliphatic hydroxyl groups excluding tert-OH is 1. The standard InChI is InChI=1S/C13H19FN2O2/c1-9-8-18-12(7-17)6-16(9)5-10-4-11(14)2-3-13(10)15/h2-4,9,12,17H,5-8,15H2,1H3.